The van der Waals surface area contributed by atoms with Gasteiger partial charge in [-0.25, -0.2) is 13.1 Å². The SMILES string of the molecule is Cc1c(Cl)cccc1S(=O)(=O)NC[C@@H]1CCCNC1. The molecule has 1 aliphatic heterocycles. The molecular formula is C13H19ClN2O2S. The molecule has 2 rings (SSSR count). The minimum Gasteiger partial charge on any atom is -0.316 e. The van der Waals surface area contributed by atoms with Gasteiger partial charge in [-0.15, -0.1) is 0 Å². The number of hydrogen-bond donors (Lipinski definition) is 2. The predicted molar refractivity (Wildman–Crippen MR) is 77.0 cm³/mol. The van der Waals surface area contributed by atoms with E-state index in [0.717, 1.165) is 25.9 Å². The van der Waals surface area contributed by atoms with Crippen LogP contribution in [0.5, 0.6) is 0 Å². The normalized spacial score (nSPS) is 20.4. The van der Waals surface area contributed by atoms with Crippen molar-refractivity contribution in [2.75, 3.05) is 19.6 Å². The zero-order valence-electron chi connectivity index (χ0n) is 10.9. The van der Waals surface area contributed by atoms with Crippen LogP contribution in [0.3, 0.4) is 0 Å². The number of rotatable bonds is 4. The van der Waals surface area contributed by atoms with Gasteiger partial charge in [0.25, 0.3) is 0 Å². The fourth-order valence-electron chi connectivity index (χ4n) is 2.28. The molecule has 1 aromatic rings. The van der Waals surface area contributed by atoms with E-state index < -0.39 is 10.0 Å². The average Bonchev–Trinajstić information content (AvgIpc) is 2.41. The van der Waals surface area contributed by atoms with Crippen molar-refractivity contribution in [2.24, 2.45) is 5.92 Å². The van der Waals surface area contributed by atoms with Gasteiger partial charge in [0.15, 0.2) is 0 Å². The summed E-state index contributed by atoms with van der Waals surface area (Å²) < 4.78 is 27.2. The van der Waals surface area contributed by atoms with Gasteiger partial charge in [-0.3, -0.25) is 0 Å². The molecule has 0 saturated carbocycles. The van der Waals surface area contributed by atoms with Crippen LogP contribution in [0.25, 0.3) is 0 Å². The summed E-state index contributed by atoms with van der Waals surface area (Å²) in [6.45, 7) is 4.09. The first-order valence-corrected chi connectivity index (χ1v) is 8.32. The Morgan fingerprint density at radius 1 is 1.47 bits per heavy atom. The van der Waals surface area contributed by atoms with Gasteiger partial charge >= 0.3 is 0 Å². The van der Waals surface area contributed by atoms with Gasteiger partial charge < -0.3 is 5.32 Å². The largest absolute Gasteiger partial charge is 0.316 e. The first-order valence-electron chi connectivity index (χ1n) is 6.46. The van der Waals surface area contributed by atoms with E-state index in [-0.39, 0.29) is 4.90 Å². The lowest BCUT2D eigenvalue weighted by molar-refractivity contribution is 0.376. The summed E-state index contributed by atoms with van der Waals surface area (Å²) >= 11 is 5.97. The van der Waals surface area contributed by atoms with Crippen LogP contribution in [0.15, 0.2) is 23.1 Å². The molecule has 1 heterocycles. The Hall–Kier alpha value is -0.620. The maximum atomic E-state index is 12.3. The van der Waals surface area contributed by atoms with Crippen molar-refractivity contribution in [1.29, 1.82) is 0 Å². The number of hydrogen-bond acceptors (Lipinski definition) is 3. The summed E-state index contributed by atoms with van der Waals surface area (Å²) in [6, 6.07) is 4.94. The van der Waals surface area contributed by atoms with E-state index in [0.29, 0.717) is 23.0 Å². The van der Waals surface area contributed by atoms with Gasteiger partial charge in [0.05, 0.1) is 4.90 Å². The van der Waals surface area contributed by atoms with Crippen LogP contribution in [-0.2, 0) is 10.0 Å². The number of benzene rings is 1. The fourth-order valence-corrected chi connectivity index (χ4v) is 3.89. The molecule has 0 amide bonds. The van der Waals surface area contributed by atoms with Gasteiger partial charge in [0.2, 0.25) is 10.0 Å². The topological polar surface area (TPSA) is 58.2 Å². The molecule has 0 radical (unpaired) electrons. The molecule has 0 aliphatic carbocycles. The van der Waals surface area contributed by atoms with E-state index in [1.165, 1.54) is 0 Å². The summed E-state index contributed by atoms with van der Waals surface area (Å²) in [5, 5.41) is 3.75. The van der Waals surface area contributed by atoms with Crippen LogP contribution >= 0.6 is 11.6 Å². The third-order valence-corrected chi connectivity index (χ3v) is 5.45. The standard InChI is InChI=1S/C13H19ClN2O2S/c1-10-12(14)5-2-6-13(10)19(17,18)16-9-11-4-3-7-15-8-11/h2,5-6,11,15-16H,3-4,7-9H2,1H3/t11-/m1/s1. The molecule has 0 bridgehead atoms. The Balaban J connectivity index is 2.07. The summed E-state index contributed by atoms with van der Waals surface area (Å²) in [4.78, 5) is 0.267. The van der Waals surface area contributed by atoms with Crippen LogP contribution in [0.2, 0.25) is 5.02 Å². The molecule has 0 spiro atoms. The van der Waals surface area contributed by atoms with Crippen molar-refractivity contribution in [3.05, 3.63) is 28.8 Å². The maximum absolute atomic E-state index is 12.3. The monoisotopic (exact) mass is 302 g/mol. The predicted octanol–water partition coefficient (Wildman–Crippen LogP) is 1.93. The summed E-state index contributed by atoms with van der Waals surface area (Å²) in [6.07, 6.45) is 2.16. The number of nitrogens with one attached hydrogen (secondary N) is 2. The van der Waals surface area contributed by atoms with E-state index in [1.807, 2.05) is 0 Å². The van der Waals surface area contributed by atoms with Gasteiger partial charge in [0, 0.05) is 11.6 Å². The van der Waals surface area contributed by atoms with Gasteiger partial charge in [-0.05, 0) is 56.5 Å². The smallest absolute Gasteiger partial charge is 0.240 e. The van der Waals surface area contributed by atoms with E-state index in [2.05, 4.69) is 10.0 Å². The molecule has 1 atom stereocenters. The minimum absolute atomic E-state index is 0.267. The van der Waals surface area contributed by atoms with Crippen molar-refractivity contribution in [3.8, 4) is 0 Å². The molecule has 6 heteroatoms. The third-order valence-electron chi connectivity index (χ3n) is 3.47. The molecule has 1 saturated heterocycles. The van der Waals surface area contributed by atoms with Crippen LogP contribution in [0.4, 0.5) is 0 Å². The molecule has 1 aromatic carbocycles. The second kappa shape index (κ2) is 6.22. The number of halogens is 1. The molecule has 2 N–H and O–H groups in total. The Labute approximate surface area is 119 Å². The zero-order valence-corrected chi connectivity index (χ0v) is 12.5. The second-order valence-corrected chi connectivity index (χ2v) is 7.07. The summed E-state index contributed by atoms with van der Waals surface area (Å²) in [5.74, 6) is 0.364. The van der Waals surface area contributed by atoms with Crippen LogP contribution < -0.4 is 10.0 Å². The van der Waals surface area contributed by atoms with Gasteiger partial charge in [-0.2, -0.15) is 0 Å². The van der Waals surface area contributed by atoms with E-state index in [9.17, 15) is 8.42 Å². The summed E-state index contributed by atoms with van der Waals surface area (Å²) in [7, 11) is -3.48. The van der Waals surface area contributed by atoms with Gasteiger partial charge in [-0.1, -0.05) is 17.7 Å². The van der Waals surface area contributed by atoms with Crippen molar-refractivity contribution < 1.29 is 8.42 Å². The van der Waals surface area contributed by atoms with E-state index in [1.54, 1.807) is 25.1 Å². The molecule has 0 aromatic heterocycles. The highest BCUT2D eigenvalue weighted by Crippen LogP contribution is 2.22. The Morgan fingerprint density at radius 3 is 2.95 bits per heavy atom. The van der Waals surface area contributed by atoms with Crippen molar-refractivity contribution >= 4 is 21.6 Å². The maximum Gasteiger partial charge on any atom is 0.240 e. The average molecular weight is 303 g/mol. The number of sulfonamides is 1. The van der Waals surface area contributed by atoms with Crippen molar-refractivity contribution in [1.82, 2.24) is 10.0 Å². The molecule has 1 aliphatic rings. The van der Waals surface area contributed by atoms with Crippen molar-refractivity contribution in [2.45, 2.75) is 24.7 Å². The lowest BCUT2D eigenvalue weighted by atomic mass is 10.0. The Morgan fingerprint density at radius 2 is 2.26 bits per heavy atom. The molecular weight excluding hydrogens is 284 g/mol. The quantitative estimate of drug-likeness (QED) is 0.893. The molecule has 0 unspecified atom stereocenters. The Bertz CT molecular complexity index is 540. The van der Waals surface area contributed by atoms with E-state index >= 15 is 0 Å². The number of piperidine rings is 1. The van der Waals surface area contributed by atoms with Gasteiger partial charge in [0.1, 0.15) is 0 Å². The lowest BCUT2D eigenvalue weighted by Gasteiger charge is -2.23. The minimum atomic E-state index is -3.48. The van der Waals surface area contributed by atoms with Crippen LogP contribution in [0, 0.1) is 12.8 Å². The molecule has 106 valence electrons. The lowest BCUT2D eigenvalue weighted by Crippen LogP contribution is -2.38. The molecule has 1 fully saturated rings. The van der Waals surface area contributed by atoms with Crippen LogP contribution in [0.1, 0.15) is 18.4 Å². The first-order chi connectivity index (χ1) is 9.00. The van der Waals surface area contributed by atoms with Crippen molar-refractivity contribution in [3.63, 3.8) is 0 Å². The summed E-state index contributed by atoms with van der Waals surface area (Å²) in [5.41, 5.74) is 0.596. The highest BCUT2D eigenvalue weighted by Gasteiger charge is 2.20. The molecule has 4 nitrogen and oxygen atoms in total. The molecule has 19 heavy (non-hydrogen) atoms. The first kappa shape index (κ1) is 14.8. The second-order valence-electron chi connectivity index (χ2n) is 4.93. The zero-order chi connectivity index (χ0) is 13.9. The fraction of sp³-hybridized carbons (Fsp3) is 0.538. The van der Waals surface area contributed by atoms with Crippen LogP contribution in [-0.4, -0.2) is 28.1 Å². The highest BCUT2D eigenvalue weighted by atomic mass is 35.5. The highest BCUT2D eigenvalue weighted by molar-refractivity contribution is 7.89. The van der Waals surface area contributed by atoms with E-state index in [4.69, 9.17) is 11.6 Å². The third kappa shape index (κ3) is 3.69. The Kier molecular flexibility index (Phi) is 4.84.